The Balaban J connectivity index is 4.58. The van der Waals surface area contributed by atoms with Gasteiger partial charge in [0.2, 0.25) is 0 Å². The summed E-state index contributed by atoms with van der Waals surface area (Å²) in [5.74, 6) is 0. The summed E-state index contributed by atoms with van der Waals surface area (Å²) in [5, 5.41) is 0. The maximum absolute atomic E-state index is 12.7. The fourth-order valence-electron chi connectivity index (χ4n) is 1.72. The van der Waals surface area contributed by atoms with E-state index >= 15 is 0 Å². The molecule has 122 valence electrons. The molecule has 0 spiro atoms. The monoisotopic (exact) mass is 307 g/mol. The van der Waals surface area contributed by atoms with Crippen molar-refractivity contribution >= 4 is 0 Å². The van der Waals surface area contributed by atoms with Crippen LogP contribution in [0.3, 0.4) is 0 Å². The summed E-state index contributed by atoms with van der Waals surface area (Å²) in [6.07, 6.45) is -8.82. The highest BCUT2D eigenvalue weighted by molar-refractivity contribution is 4.81. The summed E-state index contributed by atoms with van der Waals surface area (Å²) in [5.41, 5.74) is -2.62. The van der Waals surface area contributed by atoms with Gasteiger partial charge in [0.15, 0.2) is 0 Å². The molecule has 0 N–H and O–H groups in total. The first-order valence-corrected chi connectivity index (χ1v) is 6.45. The standard InChI is InChI=1S/C13H23F6N/c1-10(2,3)20(9-12(14,15)16)8-6-7-11(4,5)13(17,18)19/h6-9H2,1-5H3. The molecule has 0 saturated carbocycles. The molecule has 0 aliphatic carbocycles. The van der Waals surface area contributed by atoms with Gasteiger partial charge in [-0.2, -0.15) is 26.3 Å². The van der Waals surface area contributed by atoms with Gasteiger partial charge >= 0.3 is 12.4 Å². The van der Waals surface area contributed by atoms with Gasteiger partial charge in [-0.3, -0.25) is 4.90 Å². The van der Waals surface area contributed by atoms with Crippen LogP contribution in [-0.2, 0) is 0 Å². The Morgan fingerprint density at radius 2 is 1.25 bits per heavy atom. The van der Waals surface area contributed by atoms with Gasteiger partial charge < -0.3 is 0 Å². The molecular formula is C13H23F6N. The molecule has 0 heterocycles. The average Bonchev–Trinajstić information content (AvgIpc) is 2.10. The number of hydrogen-bond acceptors (Lipinski definition) is 1. The summed E-state index contributed by atoms with van der Waals surface area (Å²) < 4.78 is 75.4. The van der Waals surface area contributed by atoms with Crippen LogP contribution in [0.5, 0.6) is 0 Å². The molecule has 1 nitrogen and oxygen atoms in total. The molecule has 0 aliphatic heterocycles. The quantitative estimate of drug-likeness (QED) is 0.645. The zero-order chi connectivity index (χ0) is 16.4. The number of hydrogen-bond donors (Lipinski definition) is 0. The Bertz CT molecular complexity index is 297. The van der Waals surface area contributed by atoms with Crippen LogP contribution in [0.2, 0.25) is 0 Å². The predicted octanol–water partition coefficient (Wildman–Crippen LogP) is 5.02. The van der Waals surface area contributed by atoms with Crippen LogP contribution in [0.15, 0.2) is 0 Å². The first-order chi connectivity index (χ1) is 8.56. The zero-order valence-electron chi connectivity index (χ0n) is 12.5. The third kappa shape index (κ3) is 6.81. The Hall–Kier alpha value is -0.460. The Kier molecular flexibility index (Phi) is 5.97. The molecule has 0 aromatic carbocycles. The van der Waals surface area contributed by atoms with Gasteiger partial charge in [-0.25, -0.2) is 0 Å². The molecule has 0 saturated heterocycles. The Labute approximate surface area is 116 Å². The van der Waals surface area contributed by atoms with Gasteiger partial charge in [0.1, 0.15) is 0 Å². The van der Waals surface area contributed by atoms with Crippen molar-refractivity contribution in [1.82, 2.24) is 4.90 Å². The van der Waals surface area contributed by atoms with Crippen LogP contribution >= 0.6 is 0 Å². The largest absolute Gasteiger partial charge is 0.401 e. The Morgan fingerprint density at radius 3 is 1.55 bits per heavy atom. The molecule has 0 amide bonds. The van der Waals surface area contributed by atoms with Crippen LogP contribution in [0.4, 0.5) is 26.3 Å². The fraction of sp³-hybridized carbons (Fsp3) is 1.00. The predicted molar refractivity (Wildman–Crippen MR) is 66.5 cm³/mol. The van der Waals surface area contributed by atoms with Crippen molar-refractivity contribution < 1.29 is 26.3 Å². The molecule has 0 aliphatic rings. The molecular weight excluding hydrogens is 284 g/mol. The van der Waals surface area contributed by atoms with Crippen molar-refractivity contribution in [2.45, 2.75) is 65.4 Å². The molecule has 0 radical (unpaired) electrons. The van der Waals surface area contributed by atoms with E-state index in [1.807, 2.05) is 0 Å². The Morgan fingerprint density at radius 1 is 0.800 bits per heavy atom. The van der Waals surface area contributed by atoms with E-state index in [1.54, 1.807) is 20.8 Å². The van der Waals surface area contributed by atoms with E-state index in [4.69, 9.17) is 0 Å². The molecule has 0 aromatic heterocycles. The second-order valence-electron chi connectivity index (χ2n) is 6.69. The molecule has 0 fully saturated rings. The van der Waals surface area contributed by atoms with Gasteiger partial charge in [0.25, 0.3) is 0 Å². The minimum atomic E-state index is -4.35. The minimum absolute atomic E-state index is 0.0114. The van der Waals surface area contributed by atoms with E-state index in [0.29, 0.717) is 0 Å². The molecule has 20 heavy (non-hydrogen) atoms. The van der Waals surface area contributed by atoms with Crippen LogP contribution in [-0.4, -0.2) is 35.9 Å². The van der Waals surface area contributed by atoms with E-state index < -0.39 is 29.9 Å². The lowest BCUT2D eigenvalue weighted by Crippen LogP contribution is -2.47. The topological polar surface area (TPSA) is 3.24 Å². The molecule has 0 atom stereocenters. The van der Waals surface area contributed by atoms with E-state index in [-0.39, 0.29) is 19.4 Å². The normalized spacial score (nSPS) is 15.0. The van der Waals surface area contributed by atoms with Crippen LogP contribution in [0, 0.1) is 5.41 Å². The van der Waals surface area contributed by atoms with Crippen molar-refractivity contribution in [3.8, 4) is 0 Å². The first-order valence-electron chi connectivity index (χ1n) is 6.45. The van der Waals surface area contributed by atoms with E-state index in [0.717, 1.165) is 13.8 Å². The molecule has 0 unspecified atom stereocenters. The second-order valence-corrected chi connectivity index (χ2v) is 6.69. The van der Waals surface area contributed by atoms with Crippen molar-refractivity contribution in [2.75, 3.05) is 13.1 Å². The van der Waals surface area contributed by atoms with Gasteiger partial charge in [-0.05, 0) is 40.2 Å². The van der Waals surface area contributed by atoms with Gasteiger partial charge in [0, 0.05) is 5.54 Å². The van der Waals surface area contributed by atoms with Crippen molar-refractivity contribution in [2.24, 2.45) is 5.41 Å². The fourth-order valence-corrected chi connectivity index (χ4v) is 1.72. The summed E-state index contributed by atoms with van der Waals surface area (Å²) >= 11 is 0. The molecule has 0 bridgehead atoms. The zero-order valence-corrected chi connectivity index (χ0v) is 12.5. The van der Waals surface area contributed by atoms with Crippen molar-refractivity contribution in [3.05, 3.63) is 0 Å². The lowest BCUT2D eigenvalue weighted by atomic mass is 9.87. The highest BCUT2D eigenvalue weighted by Crippen LogP contribution is 2.41. The number of halogens is 6. The van der Waals surface area contributed by atoms with Crippen LogP contribution < -0.4 is 0 Å². The average molecular weight is 307 g/mol. The first kappa shape index (κ1) is 19.5. The van der Waals surface area contributed by atoms with Crippen LogP contribution in [0.1, 0.15) is 47.5 Å². The third-order valence-electron chi connectivity index (χ3n) is 3.32. The number of alkyl halides is 6. The molecule has 0 aromatic rings. The minimum Gasteiger partial charge on any atom is -0.290 e. The van der Waals surface area contributed by atoms with Gasteiger partial charge in [0.05, 0.1) is 12.0 Å². The smallest absolute Gasteiger partial charge is 0.290 e. The number of nitrogens with zero attached hydrogens (tertiary/aromatic N) is 1. The van der Waals surface area contributed by atoms with E-state index in [2.05, 4.69) is 0 Å². The maximum Gasteiger partial charge on any atom is 0.401 e. The van der Waals surface area contributed by atoms with E-state index in [1.165, 1.54) is 4.90 Å². The lowest BCUT2D eigenvalue weighted by Gasteiger charge is -2.37. The molecule has 7 heteroatoms. The third-order valence-corrected chi connectivity index (χ3v) is 3.32. The highest BCUT2D eigenvalue weighted by Gasteiger charge is 2.46. The maximum atomic E-state index is 12.7. The van der Waals surface area contributed by atoms with Crippen LogP contribution in [0.25, 0.3) is 0 Å². The second kappa shape index (κ2) is 6.12. The highest BCUT2D eigenvalue weighted by atomic mass is 19.4. The SMILES string of the molecule is CC(C)(C)N(CCCC(C)(C)C(F)(F)F)CC(F)(F)F. The summed E-state index contributed by atoms with van der Waals surface area (Å²) in [6, 6.07) is 0. The summed E-state index contributed by atoms with van der Waals surface area (Å²) in [6.45, 7) is 5.87. The van der Waals surface area contributed by atoms with Crippen molar-refractivity contribution in [1.29, 1.82) is 0 Å². The van der Waals surface area contributed by atoms with E-state index in [9.17, 15) is 26.3 Å². The number of rotatable bonds is 5. The molecule has 0 rings (SSSR count). The summed E-state index contributed by atoms with van der Waals surface area (Å²) in [7, 11) is 0. The van der Waals surface area contributed by atoms with Crippen molar-refractivity contribution in [3.63, 3.8) is 0 Å². The lowest BCUT2D eigenvalue weighted by molar-refractivity contribution is -0.214. The van der Waals surface area contributed by atoms with Gasteiger partial charge in [-0.1, -0.05) is 13.8 Å². The van der Waals surface area contributed by atoms with Gasteiger partial charge in [-0.15, -0.1) is 0 Å². The summed E-state index contributed by atoms with van der Waals surface area (Å²) in [4.78, 5) is 1.17.